The molecule has 0 N–H and O–H groups in total. The highest BCUT2D eigenvalue weighted by atomic mass is 16.5. The zero-order chi connectivity index (χ0) is 12.1. The van der Waals surface area contributed by atoms with Crippen molar-refractivity contribution in [3.8, 4) is 0 Å². The second kappa shape index (κ2) is 5.94. The molecule has 0 aromatic heterocycles. The van der Waals surface area contributed by atoms with Crippen molar-refractivity contribution in [3.63, 3.8) is 0 Å². The summed E-state index contributed by atoms with van der Waals surface area (Å²) in [6.07, 6.45) is 2.00. The van der Waals surface area contributed by atoms with E-state index in [-0.39, 0.29) is 11.9 Å². The predicted octanol–water partition coefficient (Wildman–Crippen LogP) is 3.57. The molecule has 0 radical (unpaired) electrons. The minimum absolute atomic E-state index is 0.0552. The summed E-state index contributed by atoms with van der Waals surface area (Å²) < 4.78 is 5.09. The number of rotatable bonds is 5. The van der Waals surface area contributed by atoms with E-state index in [1.54, 1.807) is 0 Å². The fourth-order valence-electron chi connectivity index (χ4n) is 0.964. The van der Waals surface area contributed by atoms with E-state index < -0.39 is 0 Å². The van der Waals surface area contributed by atoms with E-state index in [2.05, 4.69) is 27.4 Å². The van der Waals surface area contributed by atoms with Gasteiger partial charge in [0, 0.05) is 0 Å². The Kier molecular flexibility index (Phi) is 5.63. The zero-order valence-corrected chi connectivity index (χ0v) is 10.7. The third-order valence-corrected chi connectivity index (χ3v) is 2.12. The van der Waals surface area contributed by atoms with Gasteiger partial charge in [0.1, 0.15) is 6.61 Å². The van der Waals surface area contributed by atoms with E-state index in [1.165, 1.54) is 0 Å². The molecule has 15 heavy (non-hydrogen) atoms. The molecule has 0 spiro atoms. The van der Waals surface area contributed by atoms with Crippen molar-refractivity contribution in [1.29, 1.82) is 0 Å². The summed E-state index contributed by atoms with van der Waals surface area (Å²) in [6.45, 7) is 14.5. The van der Waals surface area contributed by atoms with Gasteiger partial charge >= 0.3 is 5.97 Å². The Bertz CT molecular complexity index is 221. The highest BCUT2D eigenvalue weighted by molar-refractivity contribution is 5.71. The second-order valence-electron chi connectivity index (χ2n) is 5.57. The minimum atomic E-state index is -0.146. The van der Waals surface area contributed by atoms with Crippen LogP contribution in [0.2, 0.25) is 0 Å². The van der Waals surface area contributed by atoms with Gasteiger partial charge in [-0.05, 0) is 23.8 Å². The van der Waals surface area contributed by atoms with Gasteiger partial charge in [0.05, 0.1) is 5.92 Å². The van der Waals surface area contributed by atoms with Crippen molar-refractivity contribution < 1.29 is 9.53 Å². The van der Waals surface area contributed by atoms with E-state index >= 15 is 0 Å². The Balaban J connectivity index is 3.72. The van der Waals surface area contributed by atoms with Crippen LogP contribution in [-0.2, 0) is 9.53 Å². The lowest BCUT2D eigenvalue weighted by atomic mass is 9.89. The maximum Gasteiger partial charge on any atom is 0.308 e. The standard InChI is InChI=1S/C13H24O2/c1-10(2)12(14)15-9-11(3)7-8-13(4,5)6/h10H,3,7-9H2,1-2,4-6H3. The second-order valence-corrected chi connectivity index (χ2v) is 5.57. The van der Waals surface area contributed by atoms with E-state index in [0.717, 1.165) is 18.4 Å². The average Bonchev–Trinajstić information content (AvgIpc) is 2.09. The molecular weight excluding hydrogens is 188 g/mol. The minimum Gasteiger partial charge on any atom is -0.461 e. The van der Waals surface area contributed by atoms with Crippen LogP contribution in [0.4, 0.5) is 0 Å². The van der Waals surface area contributed by atoms with E-state index in [4.69, 9.17) is 4.74 Å². The number of hydrogen-bond acceptors (Lipinski definition) is 2. The van der Waals surface area contributed by atoms with Crippen LogP contribution in [0.15, 0.2) is 12.2 Å². The van der Waals surface area contributed by atoms with Crippen molar-refractivity contribution in [2.45, 2.75) is 47.5 Å². The molecule has 0 rings (SSSR count). The maximum absolute atomic E-state index is 11.2. The molecule has 2 heteroatoms. The lowest BCUT2D eigenvalue weighted by molar-refractivity contribution is -0.146. The van der Waals surface area contributed by atoms with Gasteiger partial charge in [0.15, 0.2) is 0 Å². The summed E-state index contributed by atoms with van der Waals surface area (Å²) >= 11 is 0. The normalized spacial score (nSPS) is 11.6. The maximum atomic E-state index is 11.2. The summed E-state index contributed by atoms with van der Waals surface area (Å²) in [5.74, 6) is -0.202. The van der Waals surface area contributed by atoms with Gasteiger partial charge in [-0.25, -0.2) is 0 Å². The Morgan fingerprint density at radius 3 is 2.27 bits per heavy atom. The Hall–Kier alpha value is -0.790. The highest BCUT2D eigenvalue weighted by Gasteiger charge is 2.12. The van der Waals surface area contributed by atoms with Crippen LogP contribution in [0, 0.1) is 11.3 Å². The van der Waals surface area contributed by atoms with E-state index in [1.807, 2.05) is 13.8 Å². The first-order chi connectivity index (χ1) is 6.72. The number of esters is 1. The van der Waals surface area contributed by atoms with Crippen LogP contribution >= 0.6 is 0 Å². The summed E-state index contributed by atoms with van der Waals surface area (Å²) in [7, 11) is 0. The van der Waals surface area contributed by atoms with Gasteiger partial charge in [-0.3, -0.25) is 4.79 Å². The summed E-state index contributed by atoms with van der Waals surface area (Å²) in [6, 6.07) is 0. The Labute approximate surface area is 93.7 Å². The molecule has 0 heterocycles. The van der Waals surface area contributed by atoms with E-state index in [0.29, 0.717) is 12.0 Å². The smallest absolute Gasteiger partial charge is 0.308 e. The van der Waals surface area contributed by atoms with Crippen LogP contribution in [-0.4, -0.2) is 12.6 Å². The lowest BCUT2D eigenvalue weighted by Crippen LogP contribution is -2.14. The van der Waals surface area contributed by atoms with Gasteiger partial charge in [0.25, 0.3) is 0 Å². The van der Waals surface area contributed by atoms with Crippen LogP contribution in [0.25, 0.3) is 0 Å². The zero-order valence-electron chi connectivity index (χ0n) is 10.7. The molecule has 0 aliphatic heterocycles. The van der Waals surface area contributed by atoms with Crippen molar-refractivity contribution in [3.05, 3.63) is 12.2 Å². The molecule has 0 amide bonds. The molecule has 0 aromatic carbocycles. The SMILES string of the molecule is C=C(CCC(C)(C)C)COC(=O)C(C)C. The van der Waals surface area contributed by atoms with Gasteiger partial charge in [0.2, 0.25) is 0 Å². The van der Waals surface area contributed by atoms with Gasteiger partial charge in [-0.1, -0.05) is 41.2 Å². The monoisotopic (exact) mass is 212 g/mol. The lowest BCUT2D eigenvalue weighted by Gasteiger charge is -2.18. The molecule has 0 saturated heterocycles. The first-order valence-corrected chi connectivity index (χ1v) is 5.55. The van der Waals surface area contributed by atoms with Gasteiger partial charge in [-0.2, -0.15) is 0 Å². The van der Waals surface area contributed by atoms with Crippen molar-refractivity contribution in [1.82, 2.24) is 0 Å². The molecule has 88 valence electrons. The third kappa shape index (κ3) is 8.22. The fourth-order valence-corrected chi connectivity index (χ4v) is 0.964. The molecule has 0 fully saturated rings. The molecule has 0 bridgehead atoms. The summed E-state index contributed by atoms with van der Waals surface area (Å²) in [5, 5.41) is 0. The summed E-state index contributed by atoms with van der Waals surface area (Å²) in [4.78, 5) is 11.2. The number of carbonyl (C=O) groups excluding carboxylic acids is 1. The molecule has 0 aliphatic rings. The van der Waals surface area contributed by atoms with Crippen LogP contribution < -0.4 is 0 Å². The van der Waals surface area contributed by atoms with Crippen LogP contribution in [0.5, 0.6) is 0 Å². The van der Waals surface area contributed by atoms with Crippen molar-refractivity contribution >= 4 is 5.97 Å². The molecule has 0 unspecified atom stereocenters. The topological polar surface area (TPSA) is 26.3 Å². The largest absolute Gasteiger partial charge is 0.461 e. The van der Waals surface area contributed by atoms with Crippen molar-refractivity contribution in [2.24, 2.45) is 11.3 Å². The molecule has 2 nitrogen and oxygen atoms in total. The third-order valence-electron chi connectivity index (χ3n) is 2.12. The number of ether oxygens (including phenoxy) is 1. The molecular formula is C13H24O2. The summed E-state index contributed by atoms with van der Waals surface area (Å²) in [5.41, 5.74) is 1.31. The number of hydrogen-bond donors (Lipinski definition) is 0. The molecule has 0 saturated carbocycles. The fraction of sp³-hybridized carbons (Fsp3) is 0.769. The Morgan fingerprint density at radius 2 is 1.87 bits per heavy atom. The van der Waals surface area contributed by atoms with E-state index in [9.17, 15) is 4.79 Å². The first kappa shape index (κ1) is 14.2. The highest BCUT2D eigenvalue weighted by Crippen LogP contribution is 2.22. The first-order valence-electron chi connectivity index (χ1n) is 5.55. The van der Waals surface area contributed by atoms with Gasteiger partial charge < -0.3 is 4.74 Å². The van der Waals surface area contributed by atoms with Crippen LogP contribution in [0.1, 0.15) is 47.5 Å². The number of carbonyl (C=O) groups is 1. The molecule has 0 atom stereocenters. The molecule has 0 aliphatic carbocycles. The van der Waals surface area contributed by atoms with Gasteiger partial charge in [-0.15, -0.1) is 0 Å². The quantitative estimate of drug-likeness (QED) is 0.514. The average molecular weight is 212 g/mol. The van der Waals surface area contributed by atoms with Crippen molar-refractivity contribution in [2.75, 3.05) is 6.61 Å². The molecule has 0 aromatic rings. The van der Waals surface area contributed by atoms with Crippen LogP contribution in [0.3, 0.4) is 0 Å². The predicted molar refractivity (Wildman–Crippen MR) is 63.6 cm³/mol. The Morgan fingerprint density at radius 1 is 1.33 bits per heavy atom.